The van der Waals surface area contributed by atoms with Crippen LogP contribution in [-0.4, -0.2) is 25.8 Å². The Morgan fingerprint density at radius 3 is 2.62 bits per heavy atom. The third-order valence-corrected chi connectivity index (χ3v) is 4.05. The maximum Gasteiger partial charge on any atom is 0.254 e. The summed E-state index contributed by atoms with van der Waals surface area (Å²) < 4.78 is 0. The lowest BCUT2D eigenvalue weighted by atomic mass is 10.1. The molecule has 0 bridgehead atoms. The Hall–Kier alpha value is -3.35. The fourth-order valence-electron chi connectivity index (χ4n) is 2.60. The van der Waals surface area contributed by atoms with Crippen molar-refractivity contribution < 1.29 is 4.79 Å². The Bertz CT molecular complexity index is 983. The summed E-state index contributed by atoms with van der Waals surface area (Å²) in [6.07, 6.45) is 5.39. The molecule has 0 aromatic carbocycles. The number of aromatic amines is 1. The summed E-state index contributed by atoms with van der Waals surface area (Å²) in [5.41, 5.74) is 2.57. The van der Waals surface area contributed by atoms with Gasteiger partial charge >= 0.3 is 0 Å². The van der Waals surface area contributed by atoms with Crippen LogP contribution in [0.5, 0.6) is 0 Å². The highest BCUT2D eigenvalue weighted by Gasteiger charge is 2.12. The fourth-order valence-corrected chi connectivity index (χ4v) is 2.60. The Morgan fingerprint density at radius 2 is 1.92 bits per heavy atom. The first kappa shape index (κ1) is 17.5. The number of carbonyl (C=O) groups is 1. The Morgan fingerprint density at radius 1 is 1.15 bits per heavy atom. The molecular weight excluding hydrogens is 330 g/mol. The van der Waals surface area contributed by atoms with Gasteiger partial charge in [0.05, 0.1) is 0 Å². The molecule has 0 unspecified atom stereocenters. The molecule has 1 amide bonds. The molecule has 132 valence electrons. The van der Waals surface area contributed by atoms with E-state index in [9.17, 15) is 9.59 Å². The van der Waals surface area contributed by atoms with Crippen molar-refractivity contribution in [3.63, 3.8) is 0 Å². The van der Waals surface area contributed by atoms with E-state index < -0.39 is 0 Å². The first-order valence-corrected chi connectivity index (χ1v) is 8.26. The number of aromatic nitrogens is 4. The lowest BCUT2D eigenvalue weighted by Gasteiger charge is -2.09. The smallest absolute Gasteiger partial charge is 0.254 e. The molecule has 7 heteroatoms. The molecule has 3 heterocycles. The Kier molecular flexibility index (Phi) is 5.17. The van der Waals surface area contributed by atoms with Crippen molar-refractivity contribution in [3.8, 4) is 11.4 Å². The van der Waals surface area contributed by atoms with Gasteiger partial charge in [0.2, 0.25) is 5.91 Å². The number of carbonyl (C=O) groups excluding carboxylic acids is 1. The summed E-state index contributed by atoms with van der Waals surface area (Å²) in [5, 5.41) is 2.77. The van der Waals surface area contributed by atoms with E-state index in [1.165, 1.54) is 0 Å². The van der Waals surface area contributed by atoms with Crippen LogP contribution in [0.15, 0.2) is 47.7 Å². The van der Waals surface area contributed by atoms with Crippen LogP contribution >= 0.6 is 0 Å². The van der Waals surface area contributed by atoms with E-state index in [2.05, 4.69) is 25.3 Å². The van der Waals surface area contributed by atoms with Gasteiger partial charge in [-0.2, -0.15) is 0 Å². The lowest BCUT2D eigenvalue weighted by Crippen LogP contribution is -2.20. The topological polar surface area (TPSA) is 101 Å². The van der Waals surface area contributed by atoms with Gasteiger partial charge in [-0.15, -0.1) is 0 Å². The lowest BCUT2D eigenvalue weighted by molar-refractivity contribution is -0.116. The molecule has 0 radical (unpaired) electrons. The largest absolute Gasteiger partial charge is 0.310 e. The number of anilines is 1. The number of nitrogens with zero attached hydrogens (tertiary/aromatic N) is 3. The summed E-state index contributed by atoms with van der Waals surface area (Å²) in [6, 6.07) is 7.24. The zero-order valence-corrected chi connectivity index (χ0v) is 14.6. The zero-order chi connectivity index (χ0) is 18.5. The Labute approximate surface area is 150 Å². The molecule has 3 aromatic heterocycles. The van der Waals surface area contributed by atoms with E-state index >= 15 is 0 Å². The van der Waals surface area contributed by atoms with Crippen molar-refractivity contribution in [1.82, 2.24) is 19.9 Å². The number of amides is 1. The molecule has 0 aliphatic heterocycles. The van der Waals surface area contributed by atoms with Gasteiger partial charge in [0, 0.05) is 41.8 Å². The van der Waals surface area contributed by atoms with Crippen LogP contribution in [0.1, 0.15) is 23.2 Å². The summed E-state index contributed by atoms with van der Waals surface area (Å²) in [4.78, 5) is 39.9. The van der Waals surface area contributed by atoms with Gasteiger partial charge in [-0.05, 0) is 44.0 Å². The van der Waals surface area contributed by atoms with Crippen molar-refractivity contribution in [2.45, 2.75) is 26.7 Å². The highest BCUT2D eigenvalue weighted by Crippen LogP contribution is 2.14. The summed E-state index contributed by atoms with van der Waals surface area (Å²) in [7, 11) is 0. The van der Waals surface area contributed by atoms with Crippen molar-refractivity contribution in [2.24, 2.45) is 0 Å². The fraction of sp³-hybridized carbons (Fsp3) is 0.211. The minimum absolute atomic E-state index is 0.177. The molecule has 3 rings (SSSR count). The summed E-state index contributed by atoms with van der Waals surface area (Å²) >= 11 is 0. The number of H-pyrrole nitrogens is 1. The minimum Gasteiger partial charge on any atom is -0.310 e. The predicted octanol–water partition coefficient (Wildman–Crippen LogP) is 2.42. The van der Waals surface area contributed by atoms with Gasteiger partial charge in [0.25, 0.3) is 5.56 Å². The first-order valence-electron chi connectivity index (χ1n) is 8.26. The molecule has 2 N–H and O–H groups in total. The molecule has 7 nitrogen and oxygen atoms in total. The minimum atomic E-state index is -0.230. The van der Waals surface area contributed by atoms with Crippen molar-refractivity contribution in [1.29, 1.82) is 0 Å². The standard InChI is InChI=1S/C19H19N5O2/c1-12-4-3-9-21-17(12)23-16(25)6-5-15-13(2)22-18(24-19(15)26)14-7-10-20-11-8-14/h3-4,7-11H,5-6H2,1-2H3,(H,21,23,25)(H,22,24,26). The maximum atomic E-state index is 12.4. The molecule has 0 aliphatic carbocycles. The number of aryl methyl sites for hydroxylation is 2. The average molecular weight is 349 g/mol. The highest BCUT2D eigenvalue weighted by atomic mass is 16.1. The van der Waals surface area contributed by atoms with Crippen LogP contribution in [0, 0.1) is 13.8 Å². The SMILES string of the molecule is Cc1cccnc1NC(=O)CCc1c(C)nc(-c2ccncc2)[nH]c1=O. The van der Waals surface area contributed by atoms with E-state index in [1.807, 2.05) is 19.1 Å². The Balaban J connectivity index is 1.71. The second kappa shape index (κ2) is 7.69. The van der Waals surface area contributed by atoms with Crippen LogP contribution in [0.3, 0.4) is 0 Å². The van der Waals surface area contributed by atoms with E-state index in [0.29, 0.717) is 29.3 Å². The summed E-state index contributed by atoms with van der Waals surface area (Å²) in [6.45, 7) is 3.65. The van der Waals surface area contributed by atoms with Crippen LogP contribution in [0.2, 0.25) is 0 Å². The first-order chi connectivity index (χ1) is 12.5. The molecule has 0 aliphatic rings. The van der Waals surface area contributed by atoms with Gasteiger partial charge < -0.3 is 10.3 Å². The molecular formula is C19H19N5O2. The van der Waals surface area contributed by atoms with Crippen molar-refractivity contribution >= 4 is 11.7 Å². The number of hydrogen-bond acceptors (Lipinski definition) is 5. The molecule has 0 atom stereocenters. The molecule has 0 spiro atoms. The highest BCUT2D eigenvalue weighted by molar-refractivity contribution is 5.90. The third-order valence-electron chi connectivity index (χ3n) is 4.05. The average Bonchev–Trinajstić information content (AvgIpc) is 2.63. The molecule has 0 saturated heterocycles. The molecule has 26 heavy (non-hydrogen) atoms. The third kappa shape index (κ3) is 4.00. The number of rotatable bonds is 5. The number of nitrogens with one attached hydrogen (secondary N) is 2. The van der Waals surface area contributed by atoms with E-state index in [-0.39, 0.29) is 17.9 Å². The monoisotopic (exact) mass is 349 g/mol. The summed E-state index contributed by atoms with van der Waals surface area (Å²) in [5.74, 6) is 0.838. The quantitative estimate of drug-likeness (QED) is 0.737. The zero-order valence-electron chi connectivity index (χ0n) is 14.6. The van der Waals surface area contributed by atoms with Crippen LogP contribution in [-0.2, 0) is 11.2 Å². The van der Waals surface area contributed by atoms with E-state index in [4.69, 9.17) is 0 Å². The van der Waals surface area contributed by atoms with Gasteiger partial charge in [-0.25, -0.2) is 9.97 Å². The van der Waals surface area contributed by atoms with Crippen molar-refractivity contribution in [3.05, 3.63) is 70.0 Å². The van der Waals surface area contributed by atoms with Gasteiger partial charge in [0.1, 0.15) is 11.6 Å². The van der Waals surface area contributed by atoms with Gasteiger partial charge in [-0.1, -0.05) is 6.07 Å². The predicted molar refractivity (Wildman–Crippen MR) is 98.8 cm³/mol. The molecule has 3 aromatic rings. The number of hydrogen-bond donors (Lipinski definition) is 2. The maximum absolute atomic E-state index is 12.4. The number of pyridine rings is 2. The van der Waals surface area contributed by atoms with Gasteiger partial charge in [0.15, 0.2) is 0 Å². The normalized spacial score (nSPS) is 10.5. The van der Waals surface area contributed by atoms with E-state index in [0.717, 1.165) is 11.1 Å². The van der Waals surface area contributed by atoms with Crippen molar-refractivity contribution in [2.75, 3.05) is 5.32 Å². The van der Waals surface area contributed by atoms with Crippen LogP contribution < -0.4 is 10.9 Å². The molecule has 0 saturated carbocycles. The second-order valence-electron chi connectivity index (χ2n) is 5.93. The van der Waals surface area contributed by atoms with E-state index in [1.54, 1.807) is 37.6 Å². The molecule has 0 fully saturated rings. The van der Waals surface area contributed by atoms with Gasteiger partial charge in [-0.3, -0.25) is 14.6 Å². The van der Waals surface area contributed by atoms with Crippen LogP contribution in [0.4, 0.5) is 5.82 Å². The van der Waals surface area contributed by atoms with Crippen LogP contribution in [0.25, 0.3) is 11.4 Å². The second-order valence-corrected chi connectivity index (χ2v) is 5.93.